The van der Waals surface area contributed by atoms with Gasteiger partial charge in [-0.05, 0) is 63.2 Å². The van der Waals surface area contributed by atoms with Crippen LogP contribution in [0.2, 0.25) is 0 Å². The molecule has 2 aromatic heterocycles. The summed E-state index contributed by atoms with van der Waals surface area (Å²) in [5, 5.41) is 2.56. The molecule has 2 heterocycles. The largest absolute Gasteiger partial charge is 0.228 e. The Bertz CT molecular complexity index is 2960. The average molecular weight is 731 g/mol. The van der Waals surface area contributed by atoms with Gasteiger partial charge in [-0.1, -0.05) is 182 Å². The van der Waals surface area contributed by atoms with E-state index in [0.717, 1.165) is 33.6 Å². The molecule has 1 aliphatic carbocycles. The molecule has 0 fully saturated rings. The number of nitrogens with zero attached hydrogens (tertiary/aromatic N) is 2. The minimum Gasteiger partial charge on any atom is -0.228 e. The van der Waals surface area contributed by atoms with Gasteiger partial charge in [0.1, 0.15) is 0 Å². The smallest absolute Gasteiger partial charge is 0.160 e. The van der Waals surface area contributed by atoms with E-state index in [1.807, 2.05) is 17.4 Å². The molecule has 11 rings (SSSR count). The highest BCUT2D eigenvalue weighted by atomic mass is 32.1. The van der Waals surface area contributed by atoms with Gasteiger partial charge < -0.3 is 0 Å². The van der Waals surface area contributed by atoms with E-state index in [9.17, 15) is 0 Å². The molecule has 262 valence electrons. The van der Waals surface area contributed by atoms with Gasteiger partial charge in [-0.3, -0.25) is 0 Å². The third-order valence-electron chi connectivity index (χ3n) is 11.4. The molecule has 0 spiro atoms. The first-order chi connectivity index (χ1) is 27.8. The van der Waals surface area contributed by atoms with Crippen molar-refractivity contribution in [2.45, 2.75) is 5.41 Å². The second kappa shape index (κ2) is 13.1. The summed E-state index contributed by atoms with van der Waals surface area (Å²) in [6.45, 7) is 0. The number of benzene rings is 8. The molecule has 0 N–H and O–H groups in total. The minimum absolute atomic E-state index is 0.553. The van der Waals surface area contributed by atoms with Crippen LogP contribution in [0, 0.1) is 0 Å². The van der Waals surface area contributed by atoms with Gasteiger partial charge in [0.15, 0.2) is 5.82 Å². The van der Waals surface area contributed by atoms with Gasteiger partial charge in [-0.15, -0.1) is 11.3 Å². The zero-order chi connectivity index (χ0) is 37.1. The van der Waals surface area contributed by atoms with Crippen LogP contribution in [0.4, 0.5) is 0 Å². The maximum absolute atomic E-state index is 5.47. The van der Waals surface area contributed by atoms with E-state index < -0.39 is 5.41 Å². The lowest BCUT2D eigenvalue weighted by atomic mass is 9.67. The van der Waals surface area contributed by atoms with Crippen molar-refractivity contribution in [1.82, 2.24) is 9.97 Å². The summed E-state index contributed by atoms with van der Waals surface area (Å²) < 4.78 is 2.56. The van der Waals surface area contributed by atoms with E-state index in [1.54, 1.807) is 0 Å². The van der Waals surface area contributed by atoms with Crippen molar-refractivity contribution in [2.75, 3.05) is 0 Å². The number of fused-ring (bicyclic) bond motifs is 6. The predicted octanol–water partition coefficient (Wildman–Crippen LogP) is 13.9. The summed E-state index contributed by atoms with van der Waals surface area (Å²) in [5.41, 5.74) is 14.2. The minimum atomic E-state index is -0.553. The normalized spacial score (nSPS) is 12.8. The van der Waals surface area contributed by atoms with E-state index in [2.05, 4.69) is 200 Å². The number of thiophene rings is 1. The summed E-state index contributed by atoms with van der Waals surface area (Å²) in [6, 6.07) is 74.5. The van der Waals surface area contributed by atoms with Crippen LogP contribution in [0.1, 0.15) is 22.3 Å². The highest BCUT2D eigenvalue weighted by Gasteiger charge is 2.46. The zero-order valence-corrected chi connectivity index (χ0v) is 31.2. The molecular weight excluding hydrogens is 697 g/mol. The molecule has 1 aliphatic rings. The van der Waals surface area contributed by atoms with E-state index in [4.69, 9.17) is 9.97 Å². The van der Waals surface area contributed by atoms with E-state index in [1.165, 1.54) is 59.1 Å². The van der Waals surface area contributed by atoms with Gasteiger partial charge in [0.05, 0.1) is 16.8 Å². The van der Waals surface area contributed by atoms with Gasteiger partial charge in [0.25, 0.3) is 0 Å². The lowest BCUT2D eigenvalue weighted by Gasteiger charge is -2.34. The zero-order valence-electron chi connectivity index (χ0n) is 30.4. The molecule has 56 heavy (non-hydrogen) atoms. The van der Waals surface area contributed by atoms with Gasteiger partial charge in [0.2, 0.25) is 0 Å². The van der Waals surface area contributed by atoms with Crippen LogP contribution in [0.25, 0.3) is 76.3 Å². The second-order valence-electron chi connectivity index (χ2n) is 14.4. The number of aromatic nitrogens is 2. The predicted molar refractivity (Wildman–Crippen MR) is 234 cm³/mol. The van der Waals surface area contributed by atoms with Crippen LogP contribution in [0.5, 0.6) is 0 Å². The van der Waals surface area contributed by atoms with Crippen molar-refractivity contribution in [1.29, 1.82) is 0 Å². The Hall–Kier alpha value is -6.94. The standard InChI is InChI=1S/C53H34N2S/c1-5-18-35(19-6-1)48-34-49(55-52(54-48)36-20-7-2-8-21-36)45-33-47-44(32-43(45)42-29-17-28-41-40-27-14-16-31-50(40)56-51(41)42)39-26-13-15-30-46(39)53(47,37-22-9-3-10-23-37)38-24-11-4-12-25-38/h1-34H. The van der Waals surface area contributed by atoms with Crippen LogP contribution in [0.15, 0.2) is 206 Å². The maximum atomic E-state index is 5.47. The lowest BCUT2D eigenvalue weighted by Crippen LogP contribution is -2.28. The molecule has 0 aliphatic heterocycles. The molecule has 10 aromatic rings. The fourth-order valence-electron chi connectivity index (χ4n) is 8.94. The fraction of sp³-hybridized carbons (Fsp3) is 0.0189. The summed E-state index contributed by atoms with van der Waals surface area (Å²) in [6.07, 6.45) is 0. The van der Waals surface area contributed by atoms with Crippen LogP contribution in [0.3, 0.4) is 0 Å². The van der Waals surface area contributed by atoms with E-state index in [-0.39, 0.29) is 0 Å². The number of hydrogen-bond donors (Lipinski definition) is 0. The highest BCUT2D eigenvalue weighted by molar-refractivity contribution is 7.26. The van der Waals surface area contributed by atoms with E-state index >= 15 is 0 Å². The van der Waals surface area contributed by atoms with Gasteiger partial charge in [-0.2, -0.15) is 0 Å². The SMILES string of the molecule is c1ccc(-c2cc(-c3cc4c(cc3-c3cccc5c3sc3ccccc35)-c3ccccc3C4(c3ccccc3)c3ccccc3)nc(-c3ccccc3)n2)cc1. The third-order valence-corrected chi connectivity index (χ3v) is 12.6. The van der Waals surface area contributed by atoms with Crippen molar-refractivity contribution in [3.8, 4) is 56.2 Å². The third kappa shape index (κ3) is 5.02. The number of rotatable bonds is 6. The van der Waals surface area contributed by atoms with Crippen LogP contribution >= 0.6 is 11.3 Å². The Balaban J connectivity index is 1.29. The van der Waals surface area contributed by atoms with Gasteiger partial charge >= 0.3 is 0 Å². The Morgan fingerprint density at radius 1 is 0.357 bits per heavy atom. The molecule has 2 nitrogen and oxygen atoms in total. The average Bonchev–Trinajstić information content (AvgIpc) is 3.81. The summed E-state index contributed by atoms with van der Waals surface area (Å²) in [4.78, 5) is 10.7. The lowest BCUT2D eigenvalue weighted by molar-refractivity contribution is 0.769. The van der Waals surface area contributed by atoms with Crippen molar-refractivity contribution in [3.05, 3.63) is 229 Å². The first kappa shape index (κ1) is 32.5. The van der Waals surface area contributed by atoms with Gasteiger partial charge in [-0.25, -0.2) is 9.97 Å². The molecule has 8 aromatic carbocycles. The molecule has 0 saturated carbocycles. The van der Waals surface area contributed by atoms with Crippen molar-refractivity contribution in [3.63, 3.8) is 0 Å². The van der Waals surface area contributed by atoms with Crippen LogP contribution in [-0.4, -0.2) is 9.97 Å². The Kier molecular flexibility index (Phi) is 7.61. The first-order valence-corrected chi connectivity index (χ1v) is 19.9. The van der Waals surface area contributed by atoms with Crippen LogP contribution < -0.4 is 0 Å². The highest BCUT2D eigenvalue weighted by Crippen LogP contribution is 2.58. The fourth-order valence-corrected chi connectivity index (χ4v) is 10.2. The first-order valence-electron chi connectivity index (χ1n) is 19.1. The monoisotopic (exact) mass is 730 g/mol. The summed E-state index contributed by atoms with van der Waals surface area (Å²) >= 11 is 1.87. The van der Waals surface area contributed by atoms with Gasteiger partial charge in [0, 0.05) is 42.4 Å². The Morgan fingerprint density at radius 2 is 0.929 bits per heavy atom. The Morgan fingerprint density at radius 3 is 1.66 bits per heavy atom. The van der Waals surface area contributed by atoms with Crippen molar-refractivity contribution < 1.29 is 0 Å². The molecule has 0 radical (unpaired) electrons. The second-order valence-corrected chi connectivity index (χ2v) is 15.5. The van der Waals surface area contributed by atoms with Crippen molar-refractivity contribution >= 4 is 31.5 Å². The van der Waals surface area contributed by atoms with Crippen molar-refractivity contribution in [2.24, 2.45) is 0 Å². The Labute approximate surface area is 330 Å². The maximum Gasteiger partial charge on any atom is 0.160 e. The molecule has 0 bridgehead atoms. The quantitative estimate of drug-likeness (QED) is 0.170. The molecule has 0 atom stereocenters. The summed E-state index contributed by atoms with van der Waals surface area (Å²) in [5.74, 6) is 0.703. The summed E-state index contributed by atoms with van der Waals surface area (Å²) in [7, 11) is 0. The number of hydrogen-bond acceptors (Lipinski definition) is 3. The molecule has 0 unspecified atom stereocenters. The molecule has 0 saturated heterocycles. The van der Waals surface area contributed by atoms with E-state index in [0.29, 0.717) is 5.82 Å². The van der Waals surface area contributed by atoms with Crippen LogP contribution in [-0.2, 0) is 5.41 Å². The molecule has 0 amide bonds. The molecular formula is C53H34N2S. The molecule has 3 heteroatoms. The topological polar surface area (TPSA) is 25.8 Å².